The van der Waals surface area contributed by atoms with Crippen molar-refractivity contribution in [3.63, 3.8) is 0 Å². The number of hydrogen-bond acceptors (Lipinski definition) is 4. The van der Waals surface area contributed by atoms with E-state index >= 15 is 0 Å². The fraction of sp³-hybridized carbons (Fsp3) is 0.478. The number of carboxylic acid groups (broad SMARTS) is 2. The van der Waals surface area contributed by atoms with E-state index in [2.05, 4.69) is 28.5 Å². The van der Waals surface area contributed by atoms with Crippen molar-refractivity contribution >= 4 is 34.9 Å². The van der Waals surface area contributed by atoms with Crippen molar-refractivity contribution in [3.05, 3.63) is 56.7 Å². The van der Waals surface area contributed by atoms with Gasteiger partial charge in [-0.15, -0.1) is 11.3 Å². The molecule has 0 radical (unpaired) electrons. The zero-order valence-corrected chi connectivity index (χ0v) is 18.5. The minimum Gasteiger partial charge on any atom is -0.473 e. The topological polar surface area (TPSA) is 77.8 Å². The second kappa shape index (κ2) is 10.9. The summed E-state index contributed by atoms with van der Waals surface area (Å²) in [6.07, 6.45) is 8.01. The molecule has 0 bridgehead atoms. The largest absolute Gasteiger partial charge is 0.473 e. The van der Waals surface area contributed by atoms with E-state index < -0.39 is 11.9 Å². The number of rotatable bonds is 4. The number of nitrogens with zero attached hydrogens (tertiary/aromatic N) is 1. The molecule has 0 saturated carbocycles. The smallest absolute Gasteiger partial charge is 0.414 e. The van der Waals surface area contributed by atoms with Crippen LogP contribution in [-0.4, -0.2) is 46.7 Å². The SMILES string of the molecule is Clc1ccc(C2CCN(CCC3CCCc4sccc43)CC2)cc1.O=C(O)C(=O)O. The van der Waals surface area contributed by atoms with Gasteiger partial charge in [0.1, 0.15) is 0 Å². The van der Waals surface area contributed by atoms with E-state index in [1.165, 1.54) is 63.7 Å². The Kier molecular flexibility index (Phi) is 8.31. The summed E-state index contributed by atoms with van der Waals surface area (Å²) < 4.78 is 0. The maximum absolute atomic E-state index is 9.10. The number of aliphatic carboxylic acids is 2. The molecule has 2 heterocycles. The fourth-order valence-corrected chi connectivity index (χ4v) is 5.58. The molecule has 1 saturated heterocycles. The summed E-state index contributed by atoms with van der Waals surface area (Å²) in [5.41, 5.74) is 3.14. The molecule has 1 aliphatic heterocycles. The molecule has 7 heteroatoms. The standard InChI is InChI=1S/C21H26ClNS.C2H2O4/c22-19-6-4-16(5-7-19)17-8-12-23(13-9-17)14-10-18-2-1-3-21-20(18)11-15-24-21;3-1(4)2(5)6/h4-7,11,15,17-18H,1-3,8-10,12-14H2;(H,3,4)(H,5,6). The Balaban J connectivity index is 0.000000377. The highest BCUT2D eigenvalue weighted by molar-refractivity contribution is 7.10. The normalized spacial score (nSPS) is 19.4. The Morgan fingerprint density at radius 2 is 1.70 bits per heavy atom. The van der Waals surface area contributed by atoms with Crippen LogP contribution in [0.5, 0.6) is 0 Å². The molecule has 5 nitrogen and oxygen atoms in total. The van der Waals surface area contributed by atoms with E-state index in [1.54, 1.807) is 10.4 Å². The monoisotopic (exact) mass is 449 g/mol. The Hall–Kier alpha value is -1.89. The number of carbonyl (C=O) groups is 2. The lowest BCUT2D eigenvalue weighted by molar-refractivity contribution is -0.159. The average Bonchev–Trinajstić information content (AvgIpc) is 3.23. The molecule has 2 N–H and O–H groups in total. The number of piperidine rings is 1. The van der Waals surface area contributed by atoms with Gasteiger partial charge in [0.15, 0.2) is 0 Å². The van der Waals surface area contributed by atoms with Gasteiger partial charge in [0.25, 0.3) is 0 Å². The molecule has 1 fully saturated rings. The molecule has 30 heavy (non-hydrogen) atoms. The minimum atomic E-state index is -1.82. The summed E-state index contributed by atoms with van der Waals surface area (Å²) in [5.74, 6) is -2.12. The minimum absolute atomic E-state index is 0.719. The third-order valence-corrected chi connectivity index (χ3v) is 7.33. The van der Waals surface area contributed by atoms with E-state index in [-0.39, 0.29) is 0 Å². The first kappa shape index (κ1) is 22.8. The highest BCUT2D eigenvalue weighted by Gasteiger charge is 2.24. The summed E-state index contributed by atoms with van der Waals surface area (Å²) in [5, 5.41) is 17.9. The van der Waals surface area contributed by atoms with Crippen LogP contribution < -0.4 is 0 Å². The maximum atomic E-state index is 9.10. The lowest BCUT2D eigenvalue weighted by atomic mass is 9.85. The number of aryl methyl sites for hydroxylation is 1. The summed E-state index contributed by atoms with van der Waals surface area (Å²) >= 11 is 7.98. The fourth-order valence-electron chi connectivity index (χ4n) is 4.45. The van der Waals surface area contributed by atoms with Crippen LogP contribution in [0.25, 0.3) is 0 Å². The van der Waals surface area contributed by atoms with Crippen molar-refractivity contribution in [2.24, 2.45) is 0 Å². The van der Waals surface area contributed by atoms with Crippen molar-refractivity contribution in [2.75, 3.05) is 19.6 Å². The van der Waals surface area contributed by atoms with Gasteiger partial charge in [-0.3, -0.25) is 0 Å². The first-order valence-corrected chi connectivity index (χ1v) is 11.7. The molecule has 1 aromatic heterocycles. The Morgan fingerprint density at radius 3 is 2.33 bits per heavy atom. The first-order chi connectivity index (χ1) is 14.4. The summed E-state index contributed by atoms with van der Waals surface area (Å²) in [6, 6.07) is 10.9. The molecule has 0 amide bonds. The molecule has 162 valence electrons. The van der Waals surface area contributed by atoms with Crippen LogP contribution in [0.15, 0.2) is 35.7 Å². The Bertz CT molecular complexity index is 831. The third-order valence-electron chi connectivity index (χ3n) is 6.08. The molecule has 1 atom stereocenters. The van der Waals surface area contributed by atoms with Gasteiger partial charge in [-0.2, -0.15) is 0 Å². The second-order valence-electron chi connectivity index (χ2n) is 7.95. The first-order valence-electron chi connectivity index (χ1n) is 10.4. The number of carboxylic acids is 2. The van der Waals surface area contributed by atoms with Gasteiger partial charge in [-0.25, -0.2) is 9.59 Å². The quantitative estimate of drug-likeness (QED) is 0.623. The van der Waals surface area contributed by atoms with Crippen molar-refractivity contribution in [1.29, 1.82) is 0 Å². The van der Waals surface area contributed by atoms with Crippen LogP contribution in [-0.2, 0) is 16.0 Å². The van der Waals surface area contributed by atoms with Crippen LogP contribution in [0.1, 0.15) is 59.9 Å². The summed E-state index contributed by atoms with van der Waals surface area (Å²) in [6.45, 7) is 3.76. The number of benzene rings is 1. The number of likely N-dealkylation sites (tertiary alicyclic amines) is 1. The highest BCUT2D eigenvalue weighted by atomic mass is 35.5. The molecule has 1 aromatic carbocycles. The van der Waals surface area contributed by atoms with Crippen molar-refractivity contribution in [2.45, 2.75) is 50.4 Å². The van der Waals surface area contributed by atoms with Gasteiger partial charge < -0.3 is 15.1 Å². The van der Waals surface area contributed by atoms with Gasteiger partial charge >= 0.3 is 11.9 Å². The zero-order valence-electron chi connectivity index (χ0n) is 16.9. The molecule has 0 spiro atoms. The second-order valence-corrected chi connectivity index (χ2v) is 9.39. The van der Waals surface area contributed by atoms with Crippen LogP contribution in [0.4, 0.5) is 0 Å². The summed E-state index contributed by atoms with van der Waals surface area (Å²) in [4.78, 5) is 22.5. The van der Waals surface area contributed by atoms with Gasteiger partial charge in [0.2, 0.25) is 0 Å². The lowest BCUT2D eigenvalue weighted by Crippen LogP contribution is -2.34. The third kappa shape index (κ3) is 6.30. The molecule has 2 aromatic rings. The Morgan fingerprint density at radius 1 is 1.03 bits per heavy atom. The zero-order chi connectivity index (χ0) is 21.5. The van der Waals surface area contributed by atoms with E-state index in [0.29, 0.717) is 0 Å². The molecule has 4 rings (SSSR count). The van der Waals surface area contributed by atoms with Gasteiger partial charge in [0, 0.05) is 9.90 Å². The average molecular weight is 450 g/mol. The van der Waals surface area contributed by atoms with E-state index in [9.17, 15) is 0 Å². The van der Waals surface area contributed by atoms with Gasteiger partial charge in [-0.1, -0.05) is 23.7 Å². The predicted molar refractivity (Wildman–Crippen MR) is 120 cm³/mol. The van der Waals surface area contributed by atoms with Crippen molar-refractivity contribution < 1.29 is 19.8 Å². The van der Waals surface area contributed by atoms with Crippen LogP contribution in [0, 0.1) is 0 Å². The molecule has 2 aliphatic rings. The summed E-state index contributed by atoms with van der Waals surface area (Å²) in [7, 11) is 0. The highest BCUT2D eigenvalue weighted by Crippen LogP contribution is 2.37. The van der Waals surface area contributed by atoms with E-state index in [1.807, 2.05) is 23.5 Å². The van der Waals surface area contributed by atoms with Crippen molar-refractivity contribution in [3.8, 4) is 0 Å². The lowest BCUT2D eigenvalue weighted by Gasteiger charge is -2.33. The van der Waals surface area contributed by atoms with Crippen LogP contribution in [0.2, 0.25) is 5.02 Å². The van der Waals surface area contributed by atoms with Crippen LogP contribution in [0.3, 0.4) is 0 Å². The van der Waals surface area contributed by atoms with Gasteiger partial charge in [-0.05, 0) is 105 Å². The molecular weight excluding hydrogens is 422 g/mol. The number of thiophene rings is 1. The van der Waals surface area contributed by atoms with E-state index in [4.69, 9.17) is 31.4 Å². The molecule has 1 unspecified atom stereocenters. The predicted octanol–water partition coefficient (Wildman–Crippen LogP) is 5.25. The van der Waals surface area contributed by atoms with Crippen molar-refractivity contribution in [1.82, 2.24) is 4.90 Å². The molecular formula is C23H28ClNO4S. The number of fused-ring (bicyclic) bond motifs is 1. The number of halogens is 1. The van der Waals surface area contributed by atoms with Crippen LogP contribution >= 0.6 is 22.9 Å². The molecule has 1 aliphatic carbocycles. The van der Waals surface area contributed by atoms with E-state index in [0.717, 1.165) is 16.9 Å². The number of hydrogen-bond donors (Lipinski definition) is 2. The Labute approximate surface area is 186 Å². The maximum Gasteiger partial charge on any atom is 0.414 e. The van der Waals surface area contributed by atoms with Gasteiger partial charge in [0.05, 0.1) is 0 Å².